The largest absolute Gasteiger partial charge is 0.491 e. The van der Waals surface area contributed by atoms with Gasteiger partial charge in [0.15, 0.2) is 0 Å². The third-order valence-electron chi connectivity index (χ3n) is 5.78. The van der Waals surface area contributed by atoms with Crippen molar-refractivity contribution in [2.45, 2.75) is 31.8 Å². The number of nitrogens with one attached hydrogen (secondary N) is 2. The molecule has 8 nitrogen and oxygen atoms in total. The first kappa shape index (κ1) is 25.2. The van der Waals surface area contributed by atoms with Crippen molar-refractivity contribution in [2.75, 3.05) is 40.8 Å². The molecule has 0 unspecified atom stereocenters. The van der Waals surface area contributed by atoms with E-state index < -0.39 is 6.04 Å². The quantitative estimate of drug-likeness (QED) is 0.721. The fourth-order valence-electron chi connectivity index (χ4n) is 3.84. The number of nitrogens with zero attached hydrogens (tertiary/aromatic N) is 2. The molecular formula is C26H34N4O4. The number of amides is 3. The molecule has 0 aromatic heterocycles. The second kappa shape index (κ2) is 11.7. The molecule has 2 N–H and O–H groups in total. The molecule has 0 spiro atoms. The summed E-state index contributed by atoms with van der Waals surface area (Å²) in [7, 11) is 5.46. The van der Waals surface area contributed by atoms with Crippen LogP contribution in [-0.4, -0.2) is 80.4 Å². The van der Waals surface area contributed by atoms with Gasteiger partial charge >= 0.3 is 0 Å². The van der Waals surface area contributed by atoms with Gasteiger partial charge in [-0.05, 0) is 62.8 Å². The van der Waals surface area contributed by atoms with Crippen molar-refractivity contribution in [2.24, 2.45) is 0 Å². The molecule has 8 heteroatoms. The average Bonchev–Trinajstić information content (AvgIpc) is 2.81. The summed E-state index contributed by atoms with van der Waals surface area (Å²) in [5.74, 6) is -0.0466. The van der Waals surface area contributed by atoms with Crippen molar-refractivity contribution in [3.63, 3.8) is 0 Å². The van der Waals surface area contributed by atoms with Crippen molar-refractivity contribution in [3.05, 3.63) is 54.1 Å². The first-order valence-corrected chi connectivity index (χ1v) is 11.6. The highest BCUT2D eigenvalue weighted by Crippen LogP contribution is 2.26. The van der Waals surface area contributed by atoms with E-state index in [1.165, 1.54) is 4.90 Å². The van der Waals surface area contributed by atoms with E-state index in [0.29, 0.717) is 31.0 Å². The maximum Gasteiger partial charge on any atom is 0.254 e. The maximum absolute atomic E-state index is 13.4. The fourth-order valence-corrected chi connectivity index (χ4v) is 3.84. The van der Waals surface area contributed by atoms with E-state index in [2.05, 4.69) is 10.6 Å². The Hall–Kier alpha value is -3.39. The average molecular weight is 467 g/mol. The molecule has 34 heavy (non-hydrogen) atoms. The molecule has 0 radical (unpaired) electrons. The number of likely N-dealkylation sites (N-methyl/N-ethyl adjacent to an activating group) is 2. The molecule has 2 aromatic rings. The first-order valence-electron chi connectivity index (χ1n) is 11.6. The molecule has 2 atom stereocenters. The Morgan fingerprint density at radius 1 is 1.12 bits per heavy atom. The van der Waals surface area contributed by atoms with Gasteiger partial charge in [0.05, 0.1) is 6.04 Å². The van der Waals surface area contributed by atoms with Crippen molar-refractivity contribution >= 4 is 17.7 Å². The van der Waals surface area contributed by atoms with Gasteiger partial charge in [-0.25, -0.2) is 0 Å². The number of benzene rings is 2. The standard InChI is InChI=1S/C26H34N4O4/c1-18-17-34-22-10-6-8-20(16-22)19-7-5-9-21(15-19)26(33)30(4)23(11-12-24(31)28-18)25(32)27-13-14-29(2)3/h5-10,15-16,18,23H,11-14,17H2,1-4H3,(H,27,32)(H,28,31)/t18-,23-/m0/s1. The fraction of sp³-hybridized carbons (Fsp3) is 0.423. The van der Waals surface area contributed by atoms with Gasteiger partial charge in [0.2, 0.25) is 11.8 Å². The summed E-state index contributed by atoms with van der Waals surface area (Å²) in [6.45, 7) is 3.32. The molecule has 4 bridgehead atoms. The minimum absolute atomic E-state index is 0.114. The number of hydrogen-bond acceptors (Lipinski definition) is 5. The van der Waals surface area contributed by atoms with Crippen LogP contribution in [0.1, 0.15) is 30.1 Å². The van der Waals surface area contributed by atoms with Crippen molar-refractivity contribution in [3.8, 4) is 16.9 Å². The zero-order valence-corrected chi connectivity index (χ0v) is 20.3. The molecule has 1 aliphatic rings. The van der Waals surface area contributed by atoms with Crippen molar-refractivity contribution in [1.29, 1.82) is 0 Å². The molecule has 182 valence electrons. The number of hydrogen-bond donors (Lipinski definition) is 2. The summed E-state index contributed by atoms with van der Waals surface area (Å²) in [6, 6.07) is 14.0. The van der Waals surface area contributed by atoms with Crippen LogP contribution in [-0.2, 0) is 9.59 Å². The predicted molar refractivity (Wildman–Crippen MR) is 132 cm³/mol. The van der Waals surface area contributed by atoms with E-state index in [9.17, 15) is 14.4 Å². The topological polar surface area (TPSA) is 91.0 Å². The normalized spacial score (nSPS) is 19.4. The molecule has 1 heterocycles. The van der Waals surface area contributed by atoms with E-state index in [0.717, 1.165) is 11.1 Å². The SMILES string of the molecule is C[C@H]1COc2cccc(c2)-c2cccc(c2)C(=O)N(C)[C@H](C(=O)NCCN(C)C)CCC(=O)N1. The highest BCUT2D eigenvalue weighted by molar-refractivity contribution is 5.98. The maximum atomic E-state index is 13.4. The Kier molecular flexibility index (Phi) is 8.65. The monoisotopic (exact) mass is 466 g/mol. The van der Waals surface area contributed by atoms with Gasteiger partial charge in [0, 0.05) is 32.1 Å². The smallest absolute Gasteiger partial charge is 0.254 e. The zero-order valence-electron chi connectivity index (χ0n) is 20.3. The molecule has 0 saturated heterocycles. The van der Waals surface area contributed by atoms with Gasteiger partial charge in [-0.2, -0.15) is 0 Å². The van der Waals surface area contributed by atoms with E-state index in [1.54, 1.807) is 13.1 Å². The lowest BCUT2D eigenvalue weighted by molar-refractivity contribution is -0.126. The molecule has 0 fully saturated rings. The number of carbonyl (C=O) groups excluding carboxylic acids is 3. The molecule has 3 rings (SSSR count). The third-order valence-corrected chi connectivity index (χ3v) is 5.78. The molecule has 0 aliphatic carbocycles. The molecular weight excluding hydrogens is 432 g/mol. The minimum Gasteiger partial charge on any atom is -0.491 e. The van der Waals surface area contributed by atoms with E-state index in [1.807, 2.05) is 68.4 Å². The Morgan fingerprint density at radius 2 is 1.79 bits per heavy atom. The van der Waals surface area contributed by atoms with Crippen LogP contribution in [0.3, 0.4) is 0 Å². The second-order valence-electron chi connectivity index (χ2n) is 8.95. The highest BCUT2D eigenvalue weighted by Gasteiger charge is 2.28. The first-order chi connectivity index (χ1) is 16.2. The van der Waals surface area contributed by atoms with Crippen LogP contribution in [0.25, 0.3) is 11.1 Å². The van der Waals surface area contributed by atoms with Gasteiger partial charge < -0.3 is 25.2 Å². The summed E-state index contributed by atoms with van der Waals surface area (Å²) in [4.78, 5) is 42.3. The van der Waals surface area contributed by atoms with Crippen LogP contribution in [0.15, 0.2) is 48.5 Å². The van der Waals surface area contributed by atoms with Crippen LogP contribution < -0.4 is 15.4 Å². The number of fused-ring (bicyclic) bond motifs is 5. The van der Waals surface area contributed by atoms with Gasteiger partial charge in [-0.15, -0.1) is 0 Å². The van der Waals surface area contributed by atoms with Crippen LogP contribution >= 0.6 is 0 Å². The van der Waals surface area contributed by atoms with Gasteiger partial charge in [0.25, 0.3) is 5.91 Å². The van der Waals surface area contributed by atoms with Gasteiger partial charge in [-0.3, -0.25) is 14.4 Å². The predicted octanol–water partition coefficient (Wildman–Crippen LogP) is 2.15. The number of ether oxygens (including phenoxy) is 1. The Labute approximate surface area is 201 Å². The lowest BCUT2D eigenvalue weighted by Crippen LogP contribution is -2.49. The molecule has 0 saturated carbocycles. The zero-order chi connectivity index (χ0) is 24.7. The molecule has 3 amide bonds. The van der Waals surface area contributed by atoms with E-state index in [-0.39, 0.29) is 36.6 Å². The van der Waals surface area contributed by atoms with Gasteiger partial charge in [0.1, 0.15) is 18.4 Å². The molecule has 1 aliphatic heterocycles. The second-order valence-corrected chi connectivity index (χ2v) is 8.95. The van der Waals surface area contributed by atoms with Crippen molar-refractivity contribution < 1.29 is 19.1 Å². The summed E-state index contributed by atoms with van der Waals surface area (Å²) in [6.07, 6.45) is 0.331. The molecule has 2 aromatic carbocycles. The summed E-state index contributed by atoms with van der Waals surface area (Å²) >= 11 is 0. The third kappa shape index (κ3) is 6.81. The van der Waals surface area contributed by atoms with Crippen molar-refractivity contribution in [1.82, 2.24) is 20.4 Å². The van der Waals surface area contributed by atoms with E-state index in [4.69, 9.17) is 4.74 Å². The van der Waals surface area contributed by atoms with Crippen LogP contribution in [0.5, 0.6) is 5.75 Å². The van der Waals surface area contributed by atoms with Crippen LogP contribution in [0, 0.1) is 0 Å². The Bertz CT molecular complexity index is 1020. The number of carbonyl (C=O) groups is 3. The summed E-state index contributed by atoms with van der Waals surface area (Å²) in [5.41, 5.74) is 2.27. The lowest BCUT2D eigenvalue weighted by Gasteiger charge is -2.28. The highest BCUT2D eigenvalue weighted by atomic mass is 16.5. The Morgan fingerprint density at radius 3 is 2.53 bits per heavy atom. The van der Waals surface area contributed by atoms with Gasteiger partial charge in [-0.1, -0.05) is 24.3 Å². The van der Waals surface area contributed by atoms with E-state index >= 15 is 0 Å². The number of rotatable bonds is 4. The Balaban J connectivity index is 1.92. The van der Waals surface area contributed by atoms with Crippen LogP contribution in [0.2, 0.25) is 0 Å². The minimum atomic E-state index is -0.771. The van der Waals surface area contributed by atoms with Crippen LogP contribution in [0.4, 0.5) is 0 Å². The summed E-state index contributed by atoms with van der Waals surface area (Å²) in [5, 5.41) is 5.81. The lowest BCUT2D eigenvalue weighted by atomic mass is 10.0. The summed E-state index contributed by atoms with van der Waals surface area (Å²) < 4.78 is 5.88.